The molecule has 0 spiro atoms. The van der Waals surface area contributed by atoms with Crippen LogP contribution in [0.15, 0.2) is 82.9 Å². The molecule has 1 aliphatic carbocycles. The van der Waals surface area contributed by atoms with Crippen molar-refractivity contribution in [1.29, 1.82) is 0 Å². The minimum Gasteiger partial charge on any atom is -0.465 e. The number of benzene rings is 1. The summed E-state index contributed by atoms with van der Waals surface area (Å²) in [5.74, 6) is -4.04. The van der Waals surface area contributed by atoms with Gasteiger partial charge >= 0.3 is 11.9 Å². The number of ketones is 1. The molecule has 3 heterocycles. The molecule has 2 N–H and O–H groups in total. The number of carbonyl (C=O) groups excluding carboxylic acids is 3. The third-order valence-electron chi connectivity index (χ3n) is 7.48. The lowest BCUT2D eigenvalue weighted by molar-refractivity contribution is -0.152. The van der Waals surface area contributed by atoms with Crippen molar-refractivity contribution < 1.29 is 23.9 Å². The Bertz CT molecular complexity index is 1550. The highest BCUT2D eigenvalue weighted by Gasteiger charge is 2.51. The fourth-order valence-electron chi connectivity index (χ4n) is 5.70. The van der Waals surface area contributed by atoms with Crippen molar-refractivity contribution in [3.8, 4) is 0 Å². The minimum atomic E-state index is -1.10. The predicted molar refractivity (Wildman–Crippen MR) is 157 cm³/mol. The van der Waals surface area contributed by atoms with Gasteiger partial charge in [-0.3, -0.25) is 19.5 Å². The Balaban J connectivity index is 1.84. The summed E-state index contributed by atoms with van der Waals surface area (Å²) < 4.78 is 10.9. The fraction of sp³-hybridized carbons (Fsp3) is 0.290. The van der Waals surface area contributed by atoms with Gasteiger partial charge in [0.2, 0.25) is 0 Å². The van der Waals surface area contributed by atoms with Crippen LogP contribution in [0.25, 0.3) is 0 Å². The van der Waals surface area contributed by atoms with Crippen molar-refractivity contribution in [1.82, 2.24) is 4.98 Å². The van der Waals surface area contributed by atoms with E-state index in [0.29, 0.717) is 34.0 Å². The van der Waals surface area contributed by atoms with Crippen molar-refractivity contribution in [2.24, 2.45) is 11.7 Å². The molecule has 41 heavy (non-hydrogen) atoms. The average molecular weight is 592 g/mol. The van der Waals surface area contributed by atoms with Crippen molar-refractivity contribution in [3.63, 3.8) is 0 Å². The van der Waals surface area contributed by atoms with Crippen molar-refractivity contribution >= 4 is 46.3 Å². The van der Waals surface area contributed by atoms with E-state index in [4.69, 9.17) is 26.8 Å². The van der Waals surface area contributed by atoms with Gasteiger partial charge in [0.1, 0.15) is 11.7 Å². The number of aromatic nitrogens is 1. The molecule has 0 unspecified atom stereocenters. The number of Topliss-reactive ketones (excluding diaryl/α,β-unsaturated/α-hetero) is 1. The maximum absolute atomic E-state index is 14.7. The second kappa shape index (κ2) is 11.9. The molecule has 0 fully saturated rings. The molecule has 0 bridgehead atoms. The van der Waals surface area contributed by atoms with Gasteiger partial charge < -0.3 is 15.2 Å². The van der Waals surface area contributed by atoms with Gasteiger partial charge in [-0.15, -0.1) is 11.3 Å². The number of esters is 2. The lowest BCUT2D eigenvalue weighted by atomic mass is 9.68. The van der Waals surface area contributed by atoms with Crippen LogP contribution in [-0.4, -0.2) is 35.9 Å². The highest BCUT2D eigenvalue weighted by Crippen LogP contribution is 2.52. The highest BCUT2D eigenvalue weighted by molar-refractivity contribution is 7.10. The maximum atomic E-state index is 14.7. The van der Waals surface area contributed by atoms with E-state index in [1.807, 2.05) is 30.5 Å². The Morgan fingerprint density at radius 3 is 2.56 bits per heavy atom. The first-order valence-corrected chi connectivity index (χ1v) is 14.6. The summed E-state index contributed by atoms with van der Waals surface area (Å²) in [6, 6.07) is 12.7. The summed E-state index contributed by atoms with van der Waals surface area (Å²) in [5, 5.41) is 2.42. The van der Waals surface area contributed by atoms with E-state index in [0.717, 1.165) is 10.4 Å². The summed E-state index contributed by atoms with van der Waals surface area (Å²) in [5.41, 5.74) is 9.82. The number of nitrogens with zero attached hydrogens (tertiary/aromatic N) is 2. The molecule has 5 rings (SSSR count). The van der Waals surface area contributed by atoms with Crippen LogP contribution in [0.4, 0.5) is 5.69 Å². The molecular formula is C31H30ClN3O5S. The molecule has 2 aromatic heterocycles. The van der Waals surface area contributed by atoms with Crippen molar-refractivity contribution in [2.75, 3.05) is 18.1 Å². The number of anilines is 1. The Morgan fingerprint density at radius 1 is 1.12 bits per heavy atom. The molecule has 0 amide bonds. The number of halogens is 1. The molecule has 8 nitrogen and oxygen atoms in total. The standard InChI is InChI=1S/C31H30ClN3O5S/c1-4-39-30(37)25-19(23-12-8-14-41-23)15-22-26(28(25)36)24(18-9-7-13-34-16-18)27(31(38)40-5-2)29(33)35(22)21-11-6-10-20(32)17(21)3/h6-14,16,19,24-25H,4-5,15,33H2,1-3H3/t19-,24+,25+/m1/s1. The first kappa shape index (κ1) is 28.6. The summed E-state index contributed by atoms with van der Waals surface area (Å²) in [4.78, 5) is 48.6. The largest absolute Gasteiger partial charge is 0.465 e. The molecule has 1 aliphatic heterocycles. The predicted octanol–water partition coefficient (Wildman–Crippen LogP) is 5.63. The second-order valence-electron chi connectivity index (χ2n) is 9.74. The number of carbonyl (C=O) groups is 3. The first-order valence-electron chi connectivity index (χ1n) is 13.4. The number of ether oxygens (including phenoxy) is 2. The van der Waals surface area contributed by atoms with Crippen LogP contribution in [-0.2, 0) is 23.9 Å². The van der Waals surface area contributed by atoms with E-state index in [1.165, 1.54) is 11.3 Å². The number of hydrogen-bond acceptors (Lipinski definition) is 9. The van der Waals surface area contributed by atoms with Crippen molar-refractivity contribution in [2.45, 2.75) is 39.0 Å². The number of nitrogens with two attached hydrogens (primary N) is 1. The second-order valence-corrected chi connectivity index (χ2v) is 11.1. The SMILES string of the molecule is CCOC(=O)C1=C(N)N(c2cccc(Cl)c2C)C2=C(C(=O)[C@@H](C(=O)OCC)[C@@H](c3cccs3)C2)[C@@H]1c1cccnc1. The normalized spacial score (nSPS) is 20.6. The van der Waals surface area contributed by atoms with Gasteiger partial charge in [-0.2, -0.15) is 0 Å². The maximum Gasteiger partial charge on any atom is 0.338 e. The lowest BCUT2D eigenvalue weighted by Gasteiger charge is -2.44. The van der Waals surface area contributed by atoms with E-state index in [1.54, 1.807) is 55.4 Å². The molecule has 0 saturated heterocycles. The van der Waals surface area contributed by atoms with Crippen LogP contribution in [0.1, 0.15) is 48.1 Å². The lowest BCUT2D eigenvalue weighted by Crippen LogP contribution is -2.46. The van der Waals surface area contributed by atoms with Gasteiger partial charge in [-0.05, 0) is 68.0 Å². The van der Waals surface area contributed by atoms with E-state index in [9.17, 15) is 14.4 Å². The van der Waals surface area contributed by atoms with Crippen LogP contribution >= 0.6 is 22.9 Å². The summed E-state index contributed by atoms with van der Waals surface area (Å²) in [6.07, 6.45) is 3.50. The van der Waals surface area contributed by atoms with E-state index in [2.05, 4.69) is 4.98 Å². The summed E-state index contributed by atoms with van der Waals surface area (Å²) in [6.45, 7) is 5.50. The van der Waals surface area contributed by atoms with Crippen molar-refractivity contribution in [3.05, 3.63) is 104 Å². The molecule has 0 radical (unpaired) electrons. The summed E-state index contributed by atoms with van der Waals surface area (Å²) in [7, 11) is 0. The number of hydrogen-bond donors (Lipinski definition) is 1. The third kappa shape index (κ3) is 5.04. The number of pyridine rings is 1. The van der Waals surface area contributed by atoms with E-state index >= 15 is 0 Å². The smallest absolute Gasteiger partial charge is 0.338 e. The first-order chi connectivity index (χ1) is 19.8. The highest BCUT2D eigenvalue weighted by atomic mass is 35.5. The van der Waals surface area contributed by atoms with Crippen LogP contribution in [0.5, 0.6) is 0 Å². The third-order valence-corrected chi connectivity index (χ3v) is 8.89. The Labute approximate surface area is 247 Å². The molecule has 3 aromatic rings. The van der Waals surface area contributed by atoms with Crippen LogP contribution in [0.3, 0.4) is 0 Å². The van der Waals surface area contributed by atoms with Gasteiger partial charge in [0.25, 0.3) is 0 Å². The Hall–Kier alpha value is -3.95. The van der Waals surface area contributed by atoms with Gasteiger partial charge in [0.05, 0.1) is 30.4 Å². The average Bonchev–Trinajstić information content (AvgIpc) is 3.50. The molecule has 3 atom stereocenters. The molecule has 10 heteroatoms. The van der Waals surface area contributed by atoms with Gasteiger partial charge in [-0.25, -0.2) is 4.79 Å². The van der Waals surface area contributed by atoms with Crippen LogP contribution in [0.2, 0.25) is 5.02 Å². The van der Waals surface area contributed by atoms with E-state index in [-0.39, 0.29) is 24.6 Å². The fourth-order valence-corrected chi connectivity index (χ4v) is 6.74. The molecule has 212 valence electrons. The quantitative estimate of drug-likeness (QED) is 0.278. The summed E-state index contributed by atoms with van der Waals surface area (Å²) >= 11 is 8.01. The van der Waals surface area contributed by atoms with Gasteiger partial charge in [-0.1, -0.05) is 29.8 Å². The van der Waals surface area contributed by atoms with Crippen LogP contribution in [0, 0.1) is 12.8 Å². The number of thiophene rings is 1. The van der Waals surface area contributed by atoms with Gasteiger partial charge in [0.15, 0.2) is 5.78 Å². The molecular weight excluding hydrogens is 562 g/mol. The molecule has 2 aliphatic rings. The minimum absolute atomic E-state index is 0.100. The zero-order valence-electron chi connectivity index (χ0n) is 22.9. The molecule has 1 aromatic carbocycles. The van der Waals surface area contributed by atoms with Gasteiger partial charge in [0, 0.05) is 39.5 Å². The number of rotatable bonds is 7. The van der Waals surface area contributed by atoms with E-state index < -0.39 is 35.5 Å². The van der Waals surface area contributed by atoms with Crippen LogP contribution < -0.4 is 10.6 Å². The Kier molecular flexibility index (Phi) is 8.28. The zero-order valence-corrected chi connectivity index (χ0v) is 24.5. The monoisotopic (exact) mass is 591 g/mol. The topological polar surface area (TPSA) is 112 Å². The molecule has 0 saturated carbocycles. The zero-order chi connectivity index (χ0) is 29.3. The number of allylic oxidation sites excluding steroid dienone is 2. The Morgan fingerprint density at radius 2 is 1.90 bits per heavy atom.